The van der Waals surface area contributed by atoms with Gasteiger partial charge in [0.2, 0.25) is 0 Å². The van der Waals surface area contributed by atoms with Crippen molar-refractivity contribution >= 4 is 6.21 Å². The predicted molar refractivity (Wildman–Crippen MR) is 46.4 cm³/mol. The van der Waals surface area contributed by atoms with E-state index in [1.54, 1.807) is 13.1 Å². The van der Waals surface area contributed by atoms with Crippen LogP contribution in [0.2, 0.25) is 0 Å². The van der Waals surface area contributed by atoms with Gasteiger partial charge in [-0.25, -0.2) is 0 Å². The normalized spacial score (nSPS) is 10.4. The highest BCUT2D eigenvalue weighted by Crippen LogP contribution is 2.23. The molecule has 3 N–H and O–H groups in total. The van der Waals surface area contributed by atoms with Crippen molar-refractivity contribution in [1.82, 2.24) is 5.43 Å². The van der Waals surface area contributed by atoms with Crippen LogP contribution >= 0.6 is 0 Å². The third-order valence-corrected chi connectivity index (χ3v) is 1.38. The number of nitrogens with one attached hydrogen (secondary N) is 1. The number of nitrogens with zero attached hydrogens (tertiary/aromatic N) is 1. The van der Waals surface area contributed by atoms with Crippen LogP contribution in [0.25, 0.3) is 0 Å². The molecule has 0 heterocycles. The number of phenols is 2. The Labute approximate surface area is 70.2 Å². The zero-order chi connectivity index (χ0) is 8.97. The fourth-order valence-electron chi connectivity index (χ4n) is 0.803. The smallest absolute Gasteiger partial charge is 0.128 e. The Hall–Kier alpha value is -1.71. The average molecular weight is 166 g/mol. The Bertz CT molecular complexity index is 277. The Balaban J connectivity index is 3.04. The summed E-state index contributed by atoms with van der Waals surface area (Å²) in [6.07, 6.45) is 1.35. The molecule has 0 aliphatic rings. The van der Waals surface area contributed by atoms with Crippen LogP contribution in [0, 0.1) is 0 Å². The molecule has 0 aliphatic heterocycles. The molecule has 1 aromatic carbocycles. The largest absolute Gasteiger partial charge is 0.507 e. The molecule has 0 fully saturated rings. The number of hydrogen-bond acceptors (Lipinski definition) is 4. The average Bonchev–Trinajstić information content (AvgIpc) is 2.04. The zero-order valence-corrected chi connectivity index (χ0v) is 6.65. The summed E-state index contributed by atoms with van der Waals surface area (Å²) in [5.74, 6) is 0.0167. The maximum absolute atomic E-state index is 9.24. The van der Waals surface area contributed by atoms with Gasteiger partial charge in [0.25, 0.3) is 0 Å². The van der Waals surface area contributed by atoms with Crippen LogP contribution in [0.1, 0.15) is 5.56 Å². The minimum atomic E-state index is 0.00833. The van der Waals surface area contributed by atoms with E-state index in [1.165, 1.54) is 18.3 Å². The molecular weight excluding hydrogens is 156 g/mol. The van der Waals surface area contributed by atoms with Crippen LogP contribution in [-0.2, 0) is 0 Å². The first kappa shape index (κ1) is 8.39. The van der Waals surface area contributed by atoms with Gasteiger partial charge in [-0.2, -0.15) is 5.10 Å². The van der Waals surface area contributed by atoms with E-state index >= 15 is 0 Å². The molecule has 0 aliphatic carbocycles. The molecule has 64 valence electrons. The highest BCUT2D eigenvalue weighted by atomic mass is 16.3. The molecule has 0 amide bonds. The highest BCUT2D eigenvalue weighted by molar-refractivity contribution is 5.86. The van der Waals surface area contributed by atoms with E-state index in [9.17, 15) is 10.2 Å². The lowest BCUT2D eigenvalue weighted by atomic mass is 10.2. The third-order valence-electron chi connectivity index (χ3n) is 1.38. The standard InChI is InChI=1S/C8H10N2O2/c1-9-10-5-6-7(11)3-2-4-8(6)12/h2-5,9,11-12H,1H3/b10-5+. The topological polar surface area (TPSA) is 64.9 Å². The van der Waals surface area contributed by atoms with E-state index < -0.39 is 0 Å². The molecule has 1 rings (SSSR count). The summed E-state index contributed by atoms with van der Waals surface area (Å²) in [7, 11) is 1.63. The molecule has 0 spiro atoms. The molecule has 0 aromatic heterocycles. The Morgan fingerprint density at radius 2 is 1.92 bits per heavy atom. The summed E-state index contributed by atoms with van der Waals surface area (Å²) in [4.78, 5) is 0. The predicted octanol–water partition coefficient (Wildman–Crippen LogP) is 0.651. The van der Waals surface area contributed by atoms with E-state index in [1.807, 2.05) is 0 Å². The van der Waals surface area contributed by atoms with Crippen LogP contribution < -0.4 is 5.43 Å². The van der Waals surface area contributed by atoms with Gasteiger partial charge in [0.05, 0.1) is 11.8 Å². The number of hydrazone groups is 1. The van der Waals surface area contributed by atoms with Crippen molar-refractivity contribution in [3.8, 4) is 11.5 Å². The fraction of sp³-hybridized carbons (Fsp3) is 0.125. The summed E-state index contributed by atoms with van der Waals surface area (Å²) in [6, 6.07) is 4.52. The maximum Gasteiger partial charge on any atom is 0.128 e. The summed E-state index contributed by atoms with van der Waals surface area (Å²) in [6.45, 7) is 0. The molecule has 0 saturated carbocycles. The highest BCUT2D eigenvalue weighted by Gasteiger charge is 2.02. The van der Waals surface area contributed by atoms with Crippen LogP contribution in [0.15, 0.2) is 23.3 Å². The number of benzene rings is 1. The molecule has 4 nitrogen and oxygen atoms in total. The Kier molecular flexibility index (Phi) is 2.53. The van der Waals surface area contributed by atoms with Gasteiger partial charge >= 0.3 is 0 Å². The van der Waals surface area contributed by atoms with Crippen LogP contribution in [0.3, 0.4) is 0 Å². The van der Waals surface area contributed by atoms with Crippen molar-refractivity contribution in [2.45, 2.75) is 0 Å². The molecular formula is C8H10N2O2. The van der Waals surface area contributed by atoms with Crippen LogP contribution in [-0.4, -0.2) is 23.5 Å². The van der Waals surface area contributed by atoms with Crippen molar-refractivity contribution < 1.29 is 10.2 Å². The van der Waals surface area contributed by atoms with Gasteiger partial charge < -0.3 is 15.6 Å². The lowest BCUT2D eigenvalue weighted by Gasteiger charge is -1.99. The van der Waals surface area contributed by atoms with Crippen molar-refractivity contribution in [1.29, 1.82) is 0 Å². The lowest BCUT2D eigenvalue weighted by molar-refractivity contribution is 0.449. The number of hydrogen-bond donors (Lipinski definition) is 3. The molecule has 0 bridgehead atoms. The van der Waals surface area contributed by atoms with Gasteiger partial charge in [0, 0.05) is 7.05 Å². The lowest BCUT2D eigenvalue weighted by Crippen LogP contribution is -1.95. The second-order valence-corrected chi connectivity index (χ2v) is 2.19. The molecule has 1 aromatic rings. The summed E-state index contributed by atoms with van der Waals surface area (Å²) in [5.41, 5.74) is 2.83. The first-order chi connectivity index (χ1) is 5.75. The number of aromatic hydroxyl groups is 2. The van der Waals surface area contributed by atoms with Crippen LogP contribution in [0.5, 0.6) is 11.5 Å². The molecule has 0 unspecified atom stereocenters. The number of phenolic OH excluding ortho intramolecular Hbond substituents is 2. The Morgan fingerprint density at radius 3 is 2.42 bits per heavy atom. The van der Waals surface area contributed by atoms with Crippen LogP contribution in [0.4, 0.5) is 0 Å². The van der Waals surface area contributed by atoms with Gasteiger partial charge in [-0.3, -0.25) is 0 Å². The van der Waals surface area contributed by atoms with Gasteiger partial charge in [-0.1, -0.05) is 6.07 Å². The molecule has 0 radical (unpaired) electrons. The van der Waals surface area contributed by atoms with Gasteiger partial charge in [-0.05, 0) is 12.1 Å². The quantitative estimate of drug-likeness (QED) is 0.446. The summed E-state index contributed by atoms with van der Waals surface area (Å²) >= 11 is 0. The van der Waals surface area contributed by atoms with E-state index in [2.05, 4.69) is 10.5 Å². The van der Waals surface area contributed by atoms with Crippen molar-refractivity contribution in [2.24, 2.45) is 5.10 Å². The first-order valence-corrected chi connectivity index (χ1v) is 3.46. The second kappa shape index (κ2) is 3.61. The number of rotatable bonds is 2. The van der Waals surface area contributed by atoms with E-state index in [4.69, 9.17) is 0 Å². The third kappa shape index (κ3) is 1.66. The zero-order valence-electron chi connectivity index (χ0n) is 6.65. The molecule has 4 heteroatoms. The first-order valence-electron chi connectivity index (χ1n) is 3.46. The molecule has 0 saturated heterocycles. The van der Waals surface area contributed by atoms with Gasteiger partial charge in [-0.15, -0.1) is 0 Å². The van der Waals surface area contributed by atoms with Crippen molar-refractivity contribution in [3.05, 3.63) is 23.8 Å². The Morgan fingerprint density at radius 1 is 1.33 bits per heavy atom. The SMILES string of the molecule is CN/N=C/c1c(O)cccc1O. The van der Waals surface area contributed by atoms with E-state index in [0.29, 0.717) is 5.56 Å². The molecule has 0 atom stereocenters. The molecule has 12 heavy (non-hydrogen) atoms. The van der Waals surface area contributed by atoms with Crippen molar-refractivity contribution in [3.63, 3.8) is 0 Å². The van der Waals surface area contributed by atoms with E-state index in [-0.39, 0.29) is 11.5 Å². The fourth-order valence-corrected chi connectivity index (χ4v) is 0.803. The second-order valence-electron chi connectivity index (χ2n) is 2.19. The minimum absolute atomic E-state index is 0.00833. The summed E-state index contributed by atoms with van der Waals surface area (Å²) in [5, 5.41) is 22.1. The summed E-state index contributed by atoms with van der Waals surface area (Å²) < 4.78 is 0. The monoisotopic (exact) mass is 166 g/mol. The maximum atomic E-state index is 9.24. The van der Waals surface area contributed by atoms with Gasteiger partial charge in [0.1, 0.15) is 11.5 Å². The van der Waals surface area contributed by atoms with Crippen molar-refractivity contribution in [2.75, 3.05) is 7.05 Å². The van der Waals surface area contributed by atoms with E-state index in [0.717, 1.165) is 0 Å². The minimum Gasteiger partial charge on any atom is -0.507 e. The van der Waals surface area contributed by atoms with Gasteiger partial charge in [0.15, 0.2) is 0 Å².